The van der Waals surface area contributed by atoms with Crippen molar-refractivity contribution >= 4 is 0 Å². The predicted octanol–water partition coefficient (Wildman–Crippen LogP) is 3.89. The number of halogens is 2. The van der Waals surface area contributed by atoms with E-state index in [1.54, 1.807) is 14.0 Å². The van der Waals surface area contributed by atoms with E-state index in [2.05, 4.69) is 5.32 Å². The summed E-state index contributed by atoms with van der Waals surface area (Å²) in [4.78, 5) is 0. The number of aryl methyl sites for hydroxylation is 2. The van der Waals surface area contributed by atoms with Crippen LogP contribution in [-0.2, 0) is 0 Å². The third-order valence-electron chi connectivity index (χ3n) is 3.29. The first-order chi connectivity index (χ1) is 9.02. The summed E-state index contributed by atoms with van der Waals surface area (Å²) in [6, 6.07) is 9.93. The molecule has 0 spiro atoms. The molecule has 0 heterocycles. The minimum Gasteiger partial charge on any atom is -0.309 e. The first kappa shape index (κ1) is 13.7. The molecule has 100 valence electrons. The van der Waals surface area contributed by atoms with Crippen molar-refractivity contribution in [2.45, 2.75) is 19.9 Å². The van der Waals surface area contributed by atoms with Crippen molar-refractivity contribution in [2.24, 2.45) is 0 Å². The van der Waals surface area contributed by atoms with Crippen LogP contribution in [0.1, 0.15) is 28.3 Å². The van der Waals surface area contributed by atoms with Crippen LogP contribution in [0.3, 0.4) is 0 Å². The zero-order chi connectivity index (χ0) is 14.0. The van der Waals surface area contributed by atoms with Crippen molar-refractivity contribution in [1.82, 2.24) is 5.32 Å². The molecule has 0 amide bonds. The molecule has 0 aliphatic heterocycles. The third kappa shape index (κ3) is 2.82. The zero-order valence-corrected chi connectivity index (χ0v) is 11.3. The predicted molar refractivity (Wildman–Crippen MR) is 73.2 cm³/mol. The van der Waals surface area contributed by atoms with E-state index >= 15 is 0 Å². The fourth-order valence-corrected chi connectivity index (χ4v) is 2.14. The van der Waals surface area contributed by atoms with E-state index in [0.29, 0.717) is 11.1 Å². The molecule has 0 radical (unpaired) electrons. The van der Waals surface area contributed by atoms with Crippen LogP contribution in [0, 0.1) is 25.5 Å². The average molecular weight is 261 g/mol. The van der Waals surface area contributed by atoms with Crippen LogP contribution in [0.2, 0.25) is 0 Å². The minimum absolute atomic E-state index is 0.319. The maximum Gasteiger partial charge on any atom is 0.128 e. The zero-order valence-electron chi connectivity index (χ0n) is 11.3. The molecule has 2 aromatic rings. The van der Waals surface area contributed by atoms with E-state index < -0.39 is 0 Å². The molecule has 0 bridgehead atoms. The Labute approximate surface area is 112 Å². The van der Waals surface area contributed by atoms with Gasteiger partial charge in [0.15, 0.2) is 0 Å². The molecule has 1 atom stereocenters. The normalized spacial score (nSPS) is 12.5. The van der Waals surface area contributed by atoms with E-state index in [-0.39, 0.29) is 17.7 Å². The Balaban J connectivity index is 2.47. The van der Waals surface area contributed by atoms with Gasteiger partial charge in [-0.3, -0.25) is 0 Å². The second kappa shape index (κ2) is 5.49. The molecule has 2 rings (SSSR count). The van der Waals surface area contributed by atoms with E-state index in [1.807, 2.05) is 31.2 Å². The Hall–Kier alpha value is -1.74. The van der Waals surface area contributed by atoms with Crippen LogP contribution in [0.15, 0.2) is 36.4 Å². The van der Waals surface area contributed by atoms with Crippen LogP contribution in [-0.4, -0.2) is 7.05 Å². The van der Waals surface area contributed by atoms with Crippen molar-refractivity contribution in [2.75, 3.05) is 7.05 Å². The molecule has 1 nitrogen and oxygen atoms in total. The maximum absolute atomic E-state index is 14.0. The molecule has 19 heavy (non-hydrogen) atoms. The fraction of sp³-hybridized carbons (Fsp3) is 0.250. The third-order valence-corrected chi connectivity index (χ3v) is 3.29. The Kier molecular flexibility index (Phi) is 3.96. The van der Waals surface area contributed by atoms with Crippen LogP contribution in [0.4, 0.5) is 8.78 Å². The number of nitrogens with one attached hydrogen (secondary N) is 1. The molecular weight excluding hydrogens is 244 g/mol. The van der Waals surface area contributed by atoms with Crippen molar-refractivity contribution < 1.29 is 8.78 Å². The van der Waals surface area contributed by atoms with Gasteiger partial charge in [0.2, 0.25) is 0 Å². The molecule has 0 aliphatic carbocycles. The first-order valence-corrected chi connectivity index (χ1v) is 6.22. The van der Waals surface area contributed by atoms with Gasteiger partial charge in [0, 0.05) is 5.56 Å². The van der Waals surface area contributed by atoms with Gasteiger partial charge in [-0.15, -0.1) is 0 Å². The van der Waals surface area contributed by atoms with E-state index in [1.165, 1.54) is 12.1 Å². The number of rotatable bonds is 3. The quantitative estimate of drug-likeness (QED) is 0.883. The highest BCUT2D eigenvalue weighted by Crippen LogP contribution is 2.26. The number of hydrogen-bond donors (Lipinski definition) is 1. The standard InChI is InChI=1S/C16H17F2N/c1-10-4-6-12(7-5-10)16(19-3)13-9-14(17)11(2)8-15(13)18/h4-9,16,19H,1-3H3. The van der Waals surface area contributed by atoms with Gasteiger partial charge in [0.1, 0.15) is 11.6 Å². The Morgan fingerprint density at radius 3 is 2.16 bits per heavy atom. The maximum atomic E-state index is 14.0. The molecule has 0 fully saturated rings. The molecule has 3 heteroatoms. The van der Waals surface area contributed by atoms with Crippen LogP contribution >= 0.6 is 0 Å². The minimum atomic E-state index is -0.390. The van der Waals surface area contributed by atoms with Crippen LogP contribution < -0.4 is 5.32 Å². The summed E-state index contributed by atoms with van der Waals surface area (Å²) >= 11 is 0. The van der Waals surface area contributed by atoms with E-state index in [0.717, 1.165) is 11.1 Å². The van der Waals surface area contributed by atoms with Gasteiger partial charge in [-0.25, -0.2) is 8.78 Å². The lowest BCUT2D eigenvalue weighted by Crippen LogP contribution is -2.19. The SMILES string of the molecule is CNC(c1ccc(C)cc1)c1cc(F)c(C)cc1F. The summed E-state index contributed by atoms with van der Waals surface area (Å²) in [6.07, 6.45) is 0. The topological polar surface area (TPSA) is 12.0 Å². The summed E-state index contributed by atoms with van der Waals surface area (Å²) in [5, 5.41) is 3.03. The van der Waals surface area contributed by atoms with Gasteiger partial charge < -0.3 is 5.32 Å². The molecule has 1 unspecified atom stereocenters. The Morgan fingerprint density at radius 2 is 1.58 bits per heavy atom. The molecule has 1 N–H and O–H groups in total. The molecule has 0 saturated heterocycles. The van der Waals surface area contributed by atoms with Crippen LogP contribution in [0.25, 0.3) is 0 Å². The van der Waals surface area contributed by atoms with Crippen molar-refractivity contribution in [1.29, 1.82) is 0 Å². The molecule has 0 saturated carbocycles. The van der Waals surface area contributed by atoms with Crippen molar-refractivity contribution in [3.8, 4) is 0 Å². The molecule has 2 aromatic carbocycles. The summed E-state index contributed by atoms with van der Waals surface area (Å²) in [7, 11) is 1.74. The molecule has 0 aliphatic rings. The molecular formula is C16H17F2N. The monoisotopic (exact) mass is 261 g/mol. The summed E-state index contributed by atoms with van der Waals surface area (Å²) in [5.41, 5.74) is 2.69. The highest BCUT2D eigenvalue weighted by atomic mass is 19.1. The van der Waals surface area contributed by atoms with Crippen LogP contribution in [0.5, 0.6) is 0 Å². The largest absolute Gasteiger partial charge is 0.309 e. The second-order valence-electron chi connectivity index (χ2n) is 4.76. The molecule has 0 aromatic heterocycles. The first-order valence-electron chi connectivity index (χ1n) is 6.22. The average Bonchev–Trinajstić information content (AvgIpc) is 2.38. The smallest absolute Gasteiger partial charge is 0.128 e. The van der Waals surface area contributed by atoms with Gasteiger partial charge in [-0.05, 0) is 44.2 Å². The lowest BCUT2D eigenvalue weighted by molar-refractivity contribution is 0.553. The van der Waals surface area contributed by atoms with E-state index in [4.69, 9.17) is 0 Å². The lowest BCUT2D eigenvalue weighted by atomic mass is 9.96. The van der Waals surface area contributed by atoms with Gasteiger partial charge in [-0.2, -0.15) is 0 Å². The van der Waals surface area contributed by atoms with Gasteiger partial charge >= 0.3 is 0 Å². The summed E-state index contributed by atoms with van der Waals surface area (Å²) in [5.74, 6) is -0.775. The van der Waals surface area contributed by atoms with E-state index in [9.17, 15) is 8.78 Å². The fourth-order valence-electron chi connectivity index (χ4n) is 2.14. The van der Waals surface area contributed by atoms with Gasteiger partial charge in [0.05, 0.1) is 6.04 Å². The Morgan fingerprint density at radius 1 is 0.947 bits per heavy atom. The second-order valence-corrected chi connectivity index (χ2v) is 4.76. The lowest BCUT2D eigenvalue weighted by Gasteiger charge is -2.18. The van der Waals surface area contributed by atoms with Gasteiger partial charge in [0.25, 0.3) is 0 Å². The van der Waals surface area contributed by atoms with Crippen molar-refractivity contribution in [3.63, 3.8) is 0 Å². The summed E-state index contributed by atoms with van der Waals surface area (Å²) < 4.78 is 27.7. The number of benzene rings is 2. The highest BCUT2D eigenvalue weighted by molar-refractivity contribution is 5.36. The van der Waals surface area contributed by atoms with Gasteiger partial charge in [-0.1, -0.05) is 29.8 Å². The summed E-state index contributed by atoms with van der Waals surface area (Å²) in [6.45, 7) is 3.55. The number of hydrogen-bond acceptors (Lipinski definition) is 1. The highest BCUT2D eigenvalue weighted by Gasteiger charge is 2.18. The van der Waals surface area contributed by atoms with Crippen molar-refractivity contribution in [3.05, 3.63) is 70.3 Å². The Bertz CT molecular complexity index is 576.